The molecule has 1 aliphatic carbocycles. The van der Waals surface area contributed by atoms with E-state index in [9.17, 15) is 4.79 Å². The van der Waals surface area contributed by atoms with Crippen LogP contribution >= 0.6 is 0 Å². The number of methoxy groups -OCH3 is 1. The highest BCUT2D eigenvalue weighted by Gasteiger charge is 2.37. The summed E-state index contributed by atoms with van der Waals surface area (Å²) >= 11 is 0. The first-order valence-corrected chi connectivity index (χ1v) is 7.51. The van der Waals surface area contributed by atoms with E-state index in [4.69, 9.17) is 4.74 Å². The molecule has 0 bridgehead atoms. The highest BCUT2D eigenvalue weighted by atomic mass is 16.5. The third-order valence-electron chi connectivity index (χ3n) is 4.47. The van der Waals surface area contributed by atoms with Crippen molar-refractivity contribution >= 4 is 5.78 Å². The Labute approximate surface area is 131 Å². The number of benzene rings is 1. The molecule has 0 amide bonds. The zero-order valence-corrected chi connectivity index (χ0v) is 13.5. The predicted molar refractivity (Wildman–Crippen MR) is 87.7 cm³/mol. The van der Waals surface area contributed by atoms with Crippen LogP contribution in [0.1, 0.15) is 34.8 Å². The summed E-state index contributed by atoms with van der Waals surface area (Å²) in [5.41, 5.74) is 4.40. The maximum atomic E-state index is 12.9. The Kier molecular flexibility index (Phi) is 3.44. The molecule has 114 valence electrons. The largest absolute Gasteiger partial charge is 0.497 e. The summed E-state index contributed by atoms with van der Waals surface area (Å²) in [6.07, 6.45) is 6.81. The lowest BCUT2D eigenvalue weighted by Crippen LogP contribution is -2.40. The molecule has 1 aromatic rings. The Morgan fingerprint density at radius 2 is 2.05 bits per heavy atom. The number of hydrogen-bond acceptors (Lipinski definition) is 3. The summed E-state index contributed by atoms with van der Waals surface area (Å²) in [5.74, 6) is 0.905. The van der Waals surface area contributed by atoms with Gasteiger partial charge >= 0.3 is 0 Å². The molecule has 0 radical (unpaired) electrons. The SMILES string of the molecule is COC1=CCC2(C)NC(C(=O)c3cc(C)ccc3C)=CC2=C1. The van der Waals surface area contributed by atoms with Gasteiger partial charge in [0.05, 0.1) is 18.3 Å². The van der Waals surface area contributed by atoms with Gasteiger partial charge in [0.1, 0.15) is 5.76 Å². The van der Waals surface area contributed by atoms with E-state index >= 15 is 0 Å². The van der Waals surface area contributed by atoms with Gasteiger partial charge in [-0.1, -0.05) is 17.7 Å². The zero-order chi connectivity index (χ0) is 15.9. The quantitative estimate of drug-likeness (QED) is 0.866. The lowest BCUT2D eigenvalue weighted by molar-refractivity contribution is 0.102. The van der Waals surface area contributed by atoms with Crippen molar-refractivity contribution in [3.8, 4) is 0 Å². The Morgan fingerprint density at radius 1 is 1.27 bits per heavy atom. The fraction of sp³-hybridized carbons (Fsp3) is 0.316. The number of nitrogens with one attached hydrogen (secondary N) is 1. The topological polar surface area (TPSA) is 38.3 Å². The number of ether oxygens (including phenoxy) is 1. The van der Waals surface area contributed by atoms with Crippen LogP contribution in [-0.4, -0.2) is 18.4 Å². The van der Waals surface area contributed by atoms with Crippen molar-refractivity contribution in [2.24, 2.45) is 0 Å². The summed E-state index contributed by atoms with van der Waals surface area (Å²) in [4.78, 5) is 12.9. The molecule has 22 heavy (non-hydrogen) atoms. The van der Waals surface area contributed by atoms with E-state index in [0.717, 1.165) is 34.4 Å². The minimum Gasteiger partial charge on any atom is -0.497 e. The third kappa shape index (κ3) is 2.37. The average molecular weight is 295 g/mol. The standard InChI is InChI=1S/C19H21NO2/c1-12-5-6-13(2)16(9-12)18(21)17-11-14-10-15(22-4)7-8-19(14,3)20-17/h5-7,9-11,20H,8H2,1-4H3. The van der Waals surface area contributed by atoms with Gasteiger partial charge in [-0.05, 0) is 62.6 Å². The van der Waals surface area contributed by atoms with Crippen molar-refractivity contribution in [2.45, 2.75) is 32.7 Å². The van der Waals surface area contributed by atoms with Gasteiger partial charge in [-0.2, -0.15) is 0 Å². The molecule has 1 N–H and O–H groups in total. The van der Waals surface area contributed by atoms with E-state index in [1.54, 1.807) is 7.11 Å². The first kappa shape index (κ1) is 14.6. The second-order valence-corrected chi connectivity index (χ2v) is 6.28. The van der Waals surface area contributed by atoms with Crippen LogP contribution in [0.25, 0.3) is 0 Å². The van der Waals surface area contributed by atoms with Crippen LogP contribution in [0.2, 0.25) is 0 Å². The summed E-state index contributed by atoms with van der Waals surface area (Å²) in [6.45, 7) is 6.09. The van der Waals surface area contributed by atoms with Crippen LogP contribution in [0.4, 0.5) is 0 Å². The fourth-order valence-electron chi connectivity index (χ4n) is 3.00. The van der Waals surface area contributed by atoms with Gasteiger partial charge in [0.25, 0.3) is 0 Å². The molecular formula is C19H21NO2. The van der Waals surface area contributed by atoms with E-state index in [2.05, 4.69) is 18.3 Å². The average Bonchev–Trinajstić information content (AvgIpc) is 2.85. The maximum Gasteiger partial charge on any atom is 0.209 e. The van der Waals surface area contributed by atoms with E-state index in [-0.39, 0.29) is 11.3 Å². The van der Waals surface area contributed by atoms with Gasteiger partial charge < -0.3 is 10.1 Å². The van der Waals surface area contributed by atoms with E-state index < -0.39 is 0 Å². The van der Waals surface area contributed by atoms with E-state index in [1.165, 1.54) is 0 Å². The minimum absolute atomic E-state index is 0.0525. The molecule has 1 aliphatic heterocycles. The molecule has 0 saturated carbocycles. The molecule has 0 fully saturated rings. The highest BCUT2D eigenvalue weighted by molar-refractivity contribution is 6.10. The summed E-state index contributed by atoms with van der Waals surface area (Å²) in [7, 11) is 1.67. The molecule has 1 atom stereocenters. The van der Waals surface area contributed by atoms with Crippen molar-refractivity contribution in [1.82, 2.24) is 5.32 Å². The van der Waals surface area contributed by atoms with Crippen molar-refractivity contribution in [1.29, 1.82) is 0 Å². The number of allylic oxidation sites excluding steroid dienone is 2. The van der Waals surface area contributed by atoms with Gasteiger partial charge in [-0.25, -0.2) is 0 Å². The van der Waals surface area contributed by atoms with Gasteiger partial charge in [-0.3, -0.25) is 4.79 Å². The zero-order valence-electron chi connectivity index (χ0n) is 13.5. The van der Waals surface area contributed by atoms with Gasteiger partial charge in [0.2, 0.25) is 5.78 Å². The number of aryl methyl sites for hydroxylation is 2. The Hall–Kier alpha value is -2.29. The second kappa shape index (κ2) is 5.16. The number of fused-ring (bicyclic) bond motifs is 1. The molecule has 3 heteroatoms. The van der Waals surface area contributed by atoms with Gasteiger partial charge in [0, 0.05) is 5.56 Å². The van der Waals surface area contributed by atoms with Gasteiger partial charge in [0.15, 0.2) is 0 Å². The van der Waals surface area contributed by atoms with Crippen LogP contribution in [0.3, 0.4) is 0 Å². The minimum atomic E-state index is -0.218. The second-order valence-electron chi connectivity index (χ2n) is 6.28. The molecule has 1 heterocycles. The third-order valence-corrected chi connectivity index (χ3v) is 4.47. The van der Waals surface area contributed by atoms with Crippen LogP contribution in [0, 0.1) is 13.8 Å². The fourth-order valence-corrected chi connectivity index (χ4v) is 3.00. The predicted octanol–water partition coefficient (Wildman–Crippen LogP) is 3.59. The van der Waals surface area contributed by atoms with Crippen molar-refractivity contribution in [2.75, 3.05) is 7.11 Å². The summed E-state index contributed by atoms with van der Waals surface area (Å²) < 4.78 is 5.30. The number of carbonyl (C=O) groups is 1. The number of ketones is 1. The first-order chi connectivity index (χ1) is 10.4. The Balaban J connectivity index is 1.96. The molecular weight excluding hydrogens is 274 g/mol. The number of rotatable bonds is 3. The summed E-state index contributed by atoms with van der Waals surface area (Å²) in [6, 6.07) is 5.98. The molecule has 3 rings (SSSR count). The number of hydrogen-bond donors (Lipinski definition) is 1. The smallest absolute Gasteiger partial charge is 0.209 e. The molecule has 1 aromatic carbocycles. The van der Waals surface area contributed by atoms with Crippen molar-refractivity contribution in [3.63, 3.8) is 0 Å². The molecule has 2 aliphatic rings. The molecule has 1 unspecified atom stereocenters. The van der Waals surface area contributed by atoms with Crippen molar-refractivity contribution in [3.05, 3.63) is 70.1 Å². The Bertz CT molecular complexity index is 740. The van der Waals surface area contributed by atoms with Crippen LogP contribution < -0.4 is 5.32 Å². The lowest BCUT2D eigenvalue weighted by Gasteiger charge is -2.30. The van der Waals surface area contributed by atoms with Crippen LogP contribution in [0.5, 0.6) is 0 Å². The van der Waals surface area contributed by atoms with E-state index in [0.29, 0.717) is 5.70 Å². The molecule has 0 aromatic heterocycles. The number of carbonyl (C=O) groups excluding carboxylic acids is 1. The number of Topliss-reactive ketones (excluding diaryl/α,β-unsaturated/α-hetero) is 1. The first-order valence-electron chi connectivity index (χ1n) is 7.51. The molecule has 0 saturated heterocycles. The summed E-state index contributed by atoms with van der Waals surface area (Å²) in [5, 5.41) is 3.40. The normalized spacial score (nSPS) is 23.0. The van der Waals surface area contributed by atoms with Crippen molar-refractivity contribution < 1.29 is 9.53 Å². The maximum absolute atomic E-state index is 12.9. The van der Waals surface area contributed by atoms with Gasteiger partial charge in [-0.15, -0.1) is 0 Å². The monoisotopic (exact) mass is 295 g/mol. The molecule has 0 spiro atoms. The molecule has 3 nitrogen and oxygen atoms in total. The highest BCUT2D eigenvalue weighted by Crippen LogP contribution is 2.36. The van der Waals surface area contributed by atoms with Crippen LogP contribution in [0.15, 0.2) is 53.5 Å². The Morgan fingerprint density at radius 3 is 2.77 bits per heavy atom. The van der Waals surface area contributed by atoms with Crippen LogP contribution in [-0.2, 0) is 4.74 Å². The van der Waals surface area contributed by atoms with E-state index in [1.807, 2.05) is 44.2 Å². The lowest BCUT2D eigenvalue weighted by atomic mass is 9.86.